The van der Waals surface area contributed by atoms with E-state index in [2.05, 4.69) is 4.98 Å². The number of nitrogens with two attached hydrogens (primary N) is 1. The maximum absolute atomic E-state index is 10.5. The van der Waals surface area contributed by atoms with E-state index < -0.39 is 12.0 Å². The highest BCUT2D eigenvalue weighted by molar-refractivity contribution is 6.30. The first-order chi connectivity index (χ1) is 6.50. The molecule has 0 saturated carbocycles. The van der Waals surface area contributed by atoms with Crippen molar-refractivity contribution in [2.24, 2.45) is 5.73 Å². The quantitative estimate of drug-likeness (QED) is 0.736. The lowest BCUT2D eigenvalue weighted by molar-refractivity contribution is -0.138. The molecule has 0 aliphatic rings. The zero-order valence-electron chi connectivity index (χ0n) is 7.70. The molecule has 1 atom stereocenters. The molecule has 76 valence electrons. The molecular weight excluding hydrogens is 204 g/mol. The minimum Gasteiger partial charge on any atom is -0.480 e. The van der Waals surface area contributed by atoms with Crippen LogP contribution in [0.2, 0.25) is 5.15 Å². The van der Waals surface area contributed by atoms with E-state index in [1.165, 1.54) is 0 Å². The summed E-state index contributed by atoms with van der Waals surface area (Å²) >= 11 is 5.82. The number of hydrogen-bond acceptors (Lipinski definition) is 3. The van der Waals surface area contributed by atoms with Gasteiger partial charge in [-0.2, -0.15) is 0 Å². The normalized spacial score (nSPS) is 12.5. The number of carbonyl (C=O) groups is 1. The molecule has 1 heterocycles. The van der Waals surface area contributed by atoms with E-state index in [9.17, 15) is 4.79 Å². The third kappa shape index (κ3) is 2.68. The summed E-state index contributed by atoms with van der Waals surface area (Å²) in [5.41, 5.74) is 6.82. The van der Waals surface area contributed by atoms with Gasteiger partial charge in [-0.25, -0.2) is 4.98 Å². The first-order valence-electron chi connectivity index (χ1n) is 4.11. The fourth-order valence-electron chi connectivity index (χ4n) is 1.03. The molecule has 1 aromatic rings. The lowest BCUT2D eigenvalue weighted by Gasteiger charge is -2.07. The monoisotopic (exact) mass is 214 g/mol. The van der Waals surface area contributed by atoms with Crippen LogP contribution in [-0.4, -0.2) is 22.1 Å². The van der Waals surface area contributed by atoms with Gasteiger partial charge in [0.15, 0.2) is 0 Å². The molecule has 0 saturated heterocycles. The molecule has 14 heavy (non-hydrogen) atoms. The van der Waals surface area contributed by atoms with Crippen molar-refractivity contribution in [1.29, 1.82) is 0 Å². The maximum atomic E-state index is 10.5. The molecule has 1 rings (SSSR count). The Balaban J connectivity index is 2.82. The largest absolute Gasteiger partial charge is 0.480 e. The van der Waals surface area contributed by atoms with Gasteiger partial charge >= 0.3 is 5.97 Å². The Morgan fingerprint density at radius 1 is 1.71 bits per heavy atom. The number of nitrogens with zero attached hydrogens (tertiary/aromatic N) is 1. The van der Waals surface area contributed by atoms with E-state index in [0.717, 1.165) is 5.69 Å². The van der Waals surface area contributed by atoms with Crippen LogP contribution in [0.1, 0.15) is 11.3 Å². The highest BCUT2D eigenvalue weighted by Gasteiger charge is 2.14. The van der Waals surface area contributed by atoms with Crippen molar-refractivity contribution in [3.63, 3.8) is 0 Å². The van der Waals surface area contributed by atoms with E-state index in [0.29, 0.717) is 10.7 Å². The van der Waals surface area contributed by atoms with Gasteiger partial charge in [-0.05, 0) is 18.6 Å². The van der Waals surface area contributed by atoms with Gasteiger partial charge < -0.3 is 10.8 Å². The Hall–Kier alpha value is -1.13. The molecule has 0 radical (unpaired) electrons. The second-order valence-electron chi connectivity index (χ2n) is 3.05. The number of carboxylic acids is 1. The molecule has 0 aliphatic carbocycles. The van der Waals surface area contributed by atoms with Crippen LogP contribution in [0.5, 0.6) is 0 Å². The molecule has 0 aromatic carbocycles. The predicted molar refractivity (Wildman–Crippen MR) is 53.3 cm³/mol. The second-order valence-corrected chi connectivity index (χ2v) is 3.41. The number of aliphatic carboxylic acids is 1. The van der Waals surface area contributed by atoms with Crippen LogP contribution in [0.4, 0.5) is 0 Å². The van der Waals surface area contributed by atoms with Crippen LogP contribution in [0, 0.1) is 6.92 Å². The van der Waals surface area contributed by atoms with Crippen molar-refractivity contribution in [1.82, 2.24) is 4.98 Å². The van der Waals surface area contributed by atoms with Gasteiger partial charge in [0.2, 0.25) is 0 Å². The zero-order chi connectivity index (χ0) is 10.7. The molecule has 3 N–H and O–H groups in total. The van der Waals surface area contributed by atoms with E-state index in [1.807, 2.05) is 6.92 Å². The number of pyridine rings is 1. The zero-order valence-corrected chi connectivity index (χ0v) is 8.45. The van der Waals surface area contributed by atoms with E-state index in [-0.39, 0.29) is 6.42 Å². The number of aromatic nitrogens is 1. The van der Waals surface area contributed by atoms with Gasteiger partial charge in [-0.15, -0.1) is 0 Å². The van der Waals surface area contributed by atoms with E-state index >= 15 is 0 Å². The third-order valence-electron chi connectivity index (χ3n) is 1.82. The number of halogens is 1. The molecule has 0 fully saturated rings. The molecule has 0 unspecified atom stereocenters. The van der Waals surface area contributed by atoms with Crippen molar-refractivity contribution in [3.8, 4) is 0 Å². The average Bonchev–Trinajstić information content (AvgIpc) is 2.09. The summed E-state index contributed by atoms with van der Waals surface area (Å²) in [6.07, 6.45) is 0.196. The Labute approximate surface area is 86.7 Å². The molecule has 5 heteroatoms. The molecule has 0 spiro atoms. The van der Waals surface area contributed by atoms with Crippen molar-refractivity contribution in [3.05, 3.63) is 28.5 Å². The smallest absolute Gasteiger partial charge is 0.320 e. The summed E-state index contributed by atoms with van der Waals surface area (Å²) < 4.78 is 0. The third-order valence-corrected chi connectivity index (χ3v) is 2.15. The van der Waals surface area contributed by atoms with Crippen LogP contribution in [0.25, 0.3) is 0 Å². The molecule has 0 bridgehead atoms. The highest BCUT2D eigenvalue weighted by Crippen LogP contribution is 2.14. The summed E-state index contributed by atoms with van der Waals surface area (Å²) in [4.78, 5) is 14.5. The van der Waals surface area contributed by atoms with Crippen molar-refractivity contribution < 1.29 is 9.90 Å². The first-order valence-corrected chi connectivity index (χ1v) is 4.49. The van der Waals surface area contributed by atoms with Crippen LogP contribution in [0.15, 0.2) is 12.1 Å². The summed E-state index contributed by atoms with van der Waals surface area (Å²) in [6, 6.07) is 2.58. The summed E-state index contributed by atoms with van der Waals surface area (Å²) in [5, 5.41) is 8.92. The van der Waals surface area contributed by atoms with E-state index in [4.69, 9.17) is 22.4 Å². The molecule has 4 nitrogen and oxygen atoms in total. The Morgan fingerprint density at radius 2 is 2.36 bits per heavy atom. The summed E-state index contributed by atoms with van der Waals surface area (Å²) in [5.74, 6) is -1.04. The van der Waals surface area contributed by atoms with Crippen molar-refractivity contribution in [2.45, 2.75) is 19.4 Å². The van der Waals surface area contributed by atoms with Gasteiger partial charge in [0, 0.05) is 12.1 Å². The van der Waals surface area contributed by atoms with Crippen LogP contribution >= 0.6 is 11.6 Å². The Kier molecular flexibility index (Phi) is 3.43. The number of hydrogen-bond donors (Lipinski definition) is 2. The second kappa shape index (κ2) is 4.39. The minimum atomic E-state index is -1.04. The van der Waals surface area contributed by atoms with Crippen molar-refractivity contribution >= 4 is 17.6 Å². The average molecular weight is 215 g/mol. The molecule has 0 amide bonds. The summed E-state index contributed by atoms with van der Waals surface area (Å²) in [6.45, 7) is 1.81. The molecule has 1 aromatic heterocycles. The van der Waals surface area contributed by atoms with Gasteiger partial charge in [0.1, 0.15) is 11.2 Å². The fourth-order valence-corrected chi connectivity index (χ4v) is 1.30. The van der Waals surface area contributed by atoms with Crippen molar-refractivity contribution in [2.75, 3.05) is 0 Å². The highest BCUT2D eigenvalue weighted by atomic mass is 35.5. The lowest BCUT2D eigenvalue weighted by Crippen LogP contribution is -2.32. The van der Waals surface area contributed by atoms with Gasteiger partial charge in [0.25, 0.3) is 0 Å². The molecule has 0 aliphatic heterocycles. The maximum Gasteiger partial charge on any atom is 0.320 e. The SMILES string of the molecule is Cc1ccc(C[C@H](N)C(=O)O)c(Cl)n1. The van der Waals surface area contributed by atoms with E-state index in [1.54, 1.807) is 12.1 Å². The number of carboxylic acid groups (broad SMARTS) is 1. The minimum absolute atomic E-state index is 0.196. The Morgan fingerprint density at radius 3 is 2.86 bits per heavy atom. The summed E-state index contributed by atoms with van der Waals surface area (Å²) in [7, 11) is 0. The standard InChI is InChI=1S/C9H11ClN2O2/c1-5-2-3-6(8(10)12-5)4-7(11)9(13)14/h2-3,7H,4,11H2,1H3,(H,13,14)/t7-/m0/s1. The van der Waals surface area contributed by atoms with Crippen LogP contribution in [0.3, 0.4) is 0 Å². The Bertz CT molecular complexity index is 355. The van der Waals surface area contributed by atoms with Gasteiger partial charge in [0.05, 0.1) is 0 Å². The van der Waals surface area contributed by atoms with Crippen LogP contribution in [-0.2, 0) is 11.2 Å². The predicted octanol–water partition coefficient (Wildman–Crippen LogP) is 0.998. The topological polar surface area (TPSA) is 76.2 Å². The van der Waals surface area contributed by atoms with Gasteiger partial charge in [-0.1, -0.05) is 17.7 Å². The lowest BCUT2D eigenvalue weighted by atomic mass is 10.1. The molecular formula is C9H11ClN2O2. The first kappa shape index (κ1) is 10.9. The number of aryl methyl sites for hydroxylation is 1. The van der Waals surface area contributed by atoms with Gasteiger partial charge in [-0.3, -0.25) is 4.79 Å². The van der Waals surface area contributed by atoms with Crippen LogP contribution < -0.4 is 5.73 Å². The fraction of sp³-hybridized carbons (Fsp3) is 0.333. The number of rotatable bonds is 3.